The molecule has 0 fully saturated rings. The normalized spacial score (nSPS) is 17.1. The first-order valence-corrected chi connectivity index (χ1v) is 4.48. The second-order valence-electron chi connectivity index (χ2n) is 4.74. The molecule has 0 radical (unpaired) electrons. The van der Waals surface area contributed by atoms with Crippen molar-refractivity contribution in [2.75, 3.05) is 0 Å². The molecule has 0 amide bonds. The van der Waals surface area contributed by atoms with Crippen LogP contribution in [0.4, 0.5) is 0 Å². The molecule has 0 aliphatic carbocycles. The third-order valence-electron chi connectivity index (χ3n) is 2.61. The minimum Gasteiger partial charge on any atom is -0.481 e. The Morgan fingerprint density at radius 3 is 2.00 bits per heavy atom. The molecule has 0 saturated heterocycles. The van der Waals surface area contributed by atoms with Crippen molar-refractivity contribution in [1.29, 1.82) is 0 Å². The molecule has 0 aromatic rings. The Kier molecular flexibility index (Phi) is 3.75. The van der Waals surface area contributed by atoms with Crippen molar-refractivity contribution in [2.24, 2.45) is 17.3 Å². The molecule has 0 rings (SSSR count). The van der Waals surface area contributed by atoms with Crippen LogP contribution >= 0.6 is 0 Å². The van der Waals surface area contributed by atoms with Gasteiger partial charge < -0.3 is 5.11 Å². The van der Waals surface area contributed by atoms with E-state index in [2.05, 4.69) is 27.7 Å². The number of hydrogen-bond acceptors (Lipinski definition) is 1. The quantitative estimate of drug-likeness (QED) is 0.710. The summed E-state index contributed by atoms with van der Waals surface area (Å²) in [6.07, 6.45) is 0.763. The van der Waals surface area contributed by atoms with Crippen LogP contribution in [0.3, 0.4) is 0 Å². The predicted molar refractivity (Wildman–Crippen MR) is 50.0 cm³/mol. The number of rotatable bonds is 3. The smallest absolute Gasteiger partial charge is 0.306 e. The summed E-state index contributed by atoms with van der Waals surface area (Å²) in [6.45, 7) is 10.3. The molecule has 0 aromatic carbocycles. The first kappa shape index (κ1) is 11.5. The van der Waals surface area contributed by atoms with Crippen molar-refractivity contribution in [2.45, 2.75) is 41.0 Å². The van der Waals surface area contributed by atoms with E-state index in [1.54, 1.807) is 6.92 Å². The van der Waals surface area contributed by atoms with E-state index in [1.165, 1.54) is 0 Å². The predicted octanol–water partition coefficient (Wildman–Crippen LogP) is 2.78. The molecule has 0 saturated carbocycles. The SMILES string of the molecule is C[C@@H](C[C@H](C)C(C)(C)C)C(=O)O. The standard InChI is InChI=1S/C10H20O2/c1-7(9(11)12)6-8(2)10(3,4)5/h7-8H,6H2,1-5H3,(H,11,12)/t7-,8-/m0/s1. The Bertz CT molecular complexity index is 156. The highest BCUT2D eigenvalue weighted by Crippen LogP contribution is 2.30. The zero-order chi connectivity index (χ0) is 9.94. The molecule has 0 aliphatic heterocycles. The third-order valence-corrected chi connectivity index (χ3v) is 2.61. The summed E-state index contributed by atoms with van der Waals surface area (Å²) in [5, 5.41) is 8.70. The van der Waals surface area contributed by atoms with Crippen LogP contribution in [0.2, 0.25) is 0 Å². The zero-order valence-corrected chi connectivity index (χ0v) is 8.72. The minimum absolute atomic E-state index is 0.212. The van der Waals surface area contributed by atoms with Crippen LogP contribution < -0.4 is 0 Å². The molecule has 0 aromatic heterocycles. The average Bonchev–Trinajstić information content (AvgIpc) is 1.85. The Balaban J connectivity index is 4.01. The maximum atomic E-state index is 10.6. The van der Waals surface area contributed by atoms with Crippen LogP contribution in [0.25, 0.3) is 0 Å². The van der Waals surface area contributed by atoms with E-state index in [9.17, 15) is 4.79 Å². The fourth-order valence-corrected chi connectivity index (χ4v) is 0.985. The number of hydrogen-bond donors (Lipinski definition) is 1. The van der Waals surface area contributed by atoms with Gasteiger partial charge in [0, 0.05) is 0 Å². The Labute approximate surface area is 75.0 Å². The van der Waals surface area contributed by atoms with Crippen molar-refractivity contribution in [3.8, 4) is 0 Å². The number of carbonyl (C=O) groups is 1. The van der Waals surface area contributed by atoms with Gasteiger partial charge in [-0.25, -0.2) is 0 Å². The second kappa shape index (κ2) is 3.92. The van der Waals surface area contributed by atoms with E-state index in [4.69, 9.17) is 5.11 Å². The average molecular weight is 172 g/mol. The molecular formula is C10H20O2. The first-order valence-electron chi connectivity index (χ1n) is 4.48. The topological polar surface area (TPSA) is 37.3 Å². The third kappa shape index (κ3) is 3.74. The van der Waals surface area contributed by atoms with Crippen molar-refractivity contribution in [1.82, 2.24) is 0 Å². The molecule has 12 heavy (non-hydrogen) atoms. The van der Waals surface area contributed by atoms with E-state index in [0.717, 1.165) is 6.42 Å². The highest BCUT2D eigenvalue weighted by atomic mass is 16.4. The summed E-state index contributed by atoms with van der Waals surface area (Å²) in [5.41, 5.74) is 0.212. The molecule has 72 valence electrons. The highest BCUT2D eigenvalue weighted by Gasteiger charge is 2.24. The molecule has 1 N–H and O–H groups in total. The van der Waals surface area contributed by atoms with Crippen molar-refractivity contribution >= 4 is 5.97 Å². The zero-order valence-electron chi connectivity index (χ0n) is 8.72. The highest BCUT2D eigenvalue weighted by molar-refractivity contribution is 5.69. The van der Waals surface area contributed by atoms with Gasteiger partial charge in [0.15, 0.2) is 0 Å². The molecule has 0 heterocycles. The lowest BCUT2D eigenvalue weighted by molar-refractivity contribution is -0.141. The lowest BCUT2D eigenvalue weighted by atomic mass is 9.77. The monoisotopic (exact) mass is 172 g/mol. The van der Waals surface area contributed by atoms with Crippen LogP contribution in [-0.4, -0.2) is 11.1 Å². The number of aliphatic carboxylic acids is 1. The molecule has 0 aliphatic rings. The summed E-state index contributed by atoms with van der Waals surface area (Å²) in [6, 6.07) is 0. The van der Waals surface area contributed by atoms with Gasteiger partial charge in [0.2, 0.25) is 0 Å². The van der Waals surface area contributed by atoms with Gasteiger partial charge >= 0.3 is 5.97 Å². The van der Waals surface area contributed by atoms with E-state index in [-0.39, 0.29) is 11.3 Å². The number of carboxylic acid groups (broad SMARTS) is 1. The Morgan fingerprint density at radius 2 is 1.75 bits per heavy atom. The summed E-state index contributed by atoms with van der Waals surface area (Å²) < 4.78 is 0. The van der Waals surface area contributed by atoms with E-state index < -0.39 is 5.97 Å². The van der Waals surface area contributed by atoms with Crippen LogP contribution in [-0.2, 0) is 4.79 Å². The van der Waals surface area contributed by atoms with Gasteiger partial charge in [-0.1, -0.05) is 34.6 Å². The van der Waals surface area contributed by atoms with E-state index in [1.807, 2.05) is 0 Å². The summed E-state index contributed by atoms with van der Waals surface area (Å²) in [5.74, 6) is -0.464. The lowest BCUT2D eigenvalue weighted by Crippen LogP contribution is -2.22. The van der Waals surface area contributed by atoms with Gasteiger partial charge in [-0.2, -0.15) is 0 Å². The summed E-state index contributed by atoms with van der Waals surface area (Å²) in [7, 11) is 0. The van der Waals surface area contributed by atoms with Gasteiger partial charge in [-0.05, 0) is 17.8 Å². The maximum absolute atomic E-state index is 10.6. The van der Waals surface area contributed by atoms with Gasteiger partial charge in [0.05, 0.1) is 5.92 Å². The van der Waals surface area contributed by atoms with Crippen LogP contribution in [0.1, 0.15) is 41.0 Å². The van der Waals surface area contributed by atoms with Gasteiger partial charge in [0.25, 0.3) is 0 Å². The van der Waals surface area contributed by atoms with Crippen LogP contribution in [0, 0.1) is 17.3 Å². The molecule has 0 bridgehead atoms. The fourth-order valence-electron chi connectivity index (χ4n) is 0.985. The number of carboxylic acids is 1. The molecule has 2 nitrogen and oxygen atoms in total. The van der Waals surface area contributed by atoms with Crippen molar-refractivity contribution < 1.29 is 9.90 Å². The molecule has 2 atom stereocenters. The van der Waals surface area contributed by atoms with E-state index >= 15 is 0 Å². The maximum Gasteiger partial charge on any atom is 0.306 e. The Morgan fingerprint density at radius 1 is 1.33 bits per heavy atom. The molecule has 2 heteroatoms. The largest absolute Gasteiger partial charge is 0.481 e. The minimum atomic E-state index is -0.689. The first-order chi connectivity index (χ1) is 5.25. The van der Waals surface area contributed by atoms with Gasteiger partial charge in [0.1, 0.15) is 0 Å². The van der Waals surface area contributed by atoms with Crippen molar-refractivity contribution in [3.05, 3.63) is 0 Å². The second-order valence-corrected chi connectivity index (χ2v) is 4.74. The Hall–Kier alpha value is -0.530. The lowest BCUT2D eigenvalue weighted by Gasteiger charge is -2.28. The molecular weight excluding hydrogens is 152 g/mol. The van der Waals surface area contributed by atoms with Crippen LogP contribution in [0.5, 0.6) is 0 Å². The van der Waals surface area contributed by atoms with Crippen LogP contribution in [0.15, 0.2) is 0 Å². The van der Waals surface area contributed by atoms with Gasteiger partial charge in [-0.3, -0.25) is 4.79 Å². The fraction of sp³-hybridized carbons (Fsp3) is 0.900. The molecule has 0 unspecified atom stereocenters. The molecule has 0 spiro atoms. The van der Waals surface area contributed by atoms with E-state index in [0.29, 0.717) is 5.92 Å². The summed E-state index contributed by atoms with van der Waals surface area (Å²) in [4.78, 5) is 10.6. The van der Waals surface area contributed by atoms with Crippen molar-refractivity contribution in [3.63, 3.8) is 0 Å². The van der Waals surface area contributed by atoms with Gasteiger partial charge in [-0.15, -0.1) is 0 Å². The summed E-state index contributed by atoms with van der Waals surface area (Å²) >= 11 is 0.